The van der Waals surface area contributed by atoms with E-state index in [0.29, 0.717) is 6.04 Å². The summed E-state index contributed by atoms with van der Waals surface area (Å²) in [4.78, 5) is 2.76. The van der Waals surface area contributed by atoms with E-state index in [0.717, 1.165) is 11.7 Å². The molecular weight excluding hydrogens is 220 g/mol. The second kappa shape index (κ2) is 5.31. The van der Waals surface area contributed by atoms with Crippen molar-refractivity contribution in [2.45, 2.75) is 57.0 Å². The van der Waals surface area contributed by atoms with Crippen LogP contribution < -0.4 is 5.73 Å². The highest BCUT2D eigenvalue weighted by atomic mass is 15.2. The first-order valence-corrected chi connectivity index (χ1v) is 7.46. The van der Waals surface area contributed by atoms with Crippen molar-refractivity contribution in [3.63, 3.8) is 0 Å². The summed E-state index contributed by atoms with van der Waals surface area (Å²) in [6.45, 7) is 1.28. The maximum absolute atomic E-state index is 5.93. The topological polar surface area (TPSA) is 29.3 Å². The summed E-state index contributed by atoms with van der Waals surface area (Å²) in [5, 5.41) is 0. The van der Waals surface area contributed by atoms with Crippen LogP contribution in [0.15, 0.2) is 24.3 Å². The van der Waals surface area contributed by atoms with Crippen LogP contribution in [0.1, 0.15) is 56.6 Å². The van der Waals surface area contributed by atoms with Gasteiger partial charge >= 0.3 is 0 Å². The van der Waals surface area contributed by atoms with Gasteiger partial charge in [-0.05, 0) is 49.9 Å². The van der Waals surface area contributed by atoms with Gasteiger partial charge in [-0.2, -0.15) is 0 Å². The fourth-order valence-corrected chi connectivity index (χ4v) is 3.76. The number of benzene rings is 1. The molecule has 1 unspecified atom stereocenters. The summed E-state index contributed by atoms with van der Waals surface area (Å²) in [6, 6.07) is 9.96. The predicted octanol–water partition coefficient (Wildman–Crippen LogP) is 3.74. The molecule has 0 bridgehead atoms. The largest absolute Gasteiger partial charge is 0.399 e. The van der Waals surface area contributed by atoms with Crippen LogP contribution in [0.3, 0.4) is 0 Å². The predicted molar refractivity (Wildman–Crippen MR) is 76.4 cm³/mol. The van der Waals surface area contributed by atoms with Crippen molar-refractivity contribution < 1.29 is 0 Å². The zero-order chi connectivity index (χ0) is 12.4. The van der Waals surface area contributed by atoms with E-state index in [4.69, 9.17) is 5.73 Å². The van der Waals surface area contributed by atoms with Gasteiger partial charge in [-0.15, -0.1) is 0 Å². The van der Waals surface area contributed by atoms with Crippen LogP contribution in [0.5, 0.6) is 0 Å². The minimum atomic E-state index is 0.622. The van der Waals surface area contributed by atoms with Gasteiger partial charge in [0.25, 0.3) is 0 Å². The van der Waals surface area contributed by atoms with Gasteiger partial charge in [0.1, 0.15) is 0 Å². The molecule has 2 N–H and O–H groups in total. The summed E-state index contributed by atoms with van der Waals surface area (Å²) < 4.78 is 0. The summed E-state index contributed by atoms with van der Waals surface area (Å²) in [7, 11) is 0. The van der Waals surface area contributed by atoms with Crippen molar-refractivity contribution in [1.29, 1.82) is 0 Å². The highest BCUT2D eigenvalue weighted by Crippen LogP contribution is 2.37. The molecule has 2 fully saturated rings. The number of nitrogen functional groups attached to an aromatic ring is 1. The molecule has 0 radical (unpaired) electrons. The summed E-state index contributed by atoms with van der Waals surface area (Å²) >= 11 is 0. The van der Waals surface area contributed by atoms with E-state index >= 15 is 0 Å². The molecule has 0 aromatic heterocycles. The Bertz CT molecular complexity index is 396. The monoisotopic (exact) mass is 244 g/mol. The highest BCUT2D eigenvalue weighted by molar-refractivity contribution is 5.41. The van der Waals surface area contributed by atoms with Gasteiger partial charge in [0.15, 0.2) is 0 Å². The molecule has 0 spiro atoms. The number of nitrogens with zero attached hydrogens (tertiary/aromatic N) is 1. The molecule has 2 heteroatoms. The van der Waals surface area contributed by atoms with Crippen molar-refractivity contribution >= 4 is 5.69 Å². The van der Waals surface area contributed by atoms with E-state index in [1.807, 2.05) is 6.07 Å². The van der Waals surface area contributed by atoms with Gasteiger partial charge in [0, 0.05) is 17.8 Å². The van der Waals surface area contributed by atoms with Crippen LogP contribution in [-0.4, -0.2) is 17.5 Å². The second-order valence-corrected chi connectivity index (χ2v) is 5.86. The van der Waals surface area contributed by atoms with Gasteiger partial charge in [0.2, 0.25) is 0 Å². The fraction of sp³-hybridized carbons (Fsp3) is 0.625. The molecule has 98 valence electrons. The molecule has 2 nitrogen and oxygen atoms in total. The third-order valence-electron chi connectivity index (χ3n) is 4.63. The second-order valence-electron chi connectivity index (χ2n) is 5.86. The van der Waals surface area contributed by atoms with Crippen molar-refractivity contribution in [3.05, 3.63) is 29.8 Å². The van der Waals surface area contributed by atoms with E-state index in [1.54, 1.807) is 0 Å². The van der Waals surface area contributed by atoms with E-state index in [1.165, 1.54) is 57.1 Å². The first kappa shape index (κ1) is 12.0. The normalized spacial score (nSPS) is 26.6. The van der Waals surface area contributed by atoms with Crippen molar-refractivity contribution in [2.24, 2.45) is 0 Å². The Balaban J connectivity index is 1.78. The quantitative estimate of drug-likeness (QED) is 0.803. The zero-order valence-electron chi connectivity index (χ0n) is 11.1. The summed E-state index contributed by atoms with van der Waals surface area (Å²) in [5.41, 5.74) is 8.27. The average Bonchev–Trinajstić information content (AvgIpc) is 2.89. The smallest absolute Gasteiger partial charge is 0.0352 e. The molecule has 1 aliphatic heterocycles. The Morgan fingerprint density at radius 1 is 1.00 bits per heavy atom. The van der Waals surface area contributed by atoms with E-state index < -0.39 is 0 Å². The SMILES string of the molecule is Nc1cccc(C2CCCN2C2CCCCC2)c1. The molecule has 18 heavy (non-hydrogen) atoms. The molecule has 0 amide bonds. The zero-order valence-corrected chi connectivity index (χ0v) is 11.1. The van der Waals surface area contributed by atoms with Crippen LogP contribution >= 0.6 is 0 Å². The van der Waals surface area contributed by atoms with Gasteiger partial charge < -0.3 is 5.73 Å². The van der Waals surface area contributed by atoms with Gasteiger partial charge in [-0.25, -0.2) is 0 Å². The standard InChI is InChI=1S/C16H24N2/c17-14-7-4-6-13(12-14)16-10-5-11-18(16)15-8-2-1-3-9-15/h4,6-7,12,15-16H,1-3,5,8-11,17H2. The Kier molecular flexibility index (Phi) is 3.55. The fourth-order valence-electron chi connectivity index (χ4n) is 3.76. The first-order chi connectivity index (χ1) is 8.84. The lowest BCUT2D eigenvalue weighted by Crippen LogP contribution is -2.36. The third-order valence-corrected chi connectivity index (χ3v) is 4.63. The molecule has 1 atom stereocenters. The molecule has 3 rings (SSSR count). The Morgan fingerprint density at radius 3 is 2.61 bits per heavy atom. The van der Waals surface area contributed by atoms with Gasteiger partial charge in [0.05, 0.1) is 0 Å². The molecule has 1 aromatic rings. The van der Waals surface area contributed by atoms with Gasteiger partial charge in [-0.1, -0.05) is 31.4 Å². The van der Waals surface area contributed by atoms with Crippen LogP contribution in [0, 0.1) is 0 Å². The van der Waals surface area contributed by atoms with Crippen LogP contribution in [0.2, 0.25) is 0 Å². The lowest BCUT2D eigenvalue weighted by molar-refractivity contribution is 0.142. The lowest BCUT2D eigenvalue weighted by Gasteiger charge is -2.35. The molecule has 1 aliphatic carbocycles. The number of anilines is 1. The first-order valence-electron chi connectivity index (χ1n) is 7.46. The number of hydrogen-bond acceptors (Lipinski definition) is 2. The minimum Gasteiger partial charge on any atom is -0.399 e. The summed E-state index contributed by atoms with van der Waals surface area (Å²) in [5.74, 6) is 0. The highest BCUT2D eigenvalue weighted by Gasteiger charge is 2.32. The number of likely N-dealkylation sites (tertiary alicyclic amines) is 1. The van der Waals surface area contributed by atoms with E-state index in [9.17, 15) is 0 Å². The third kappa shape index (κ3) is 2.39. The molecule has 1 saturated heterocycles. The van der Waals surface area contributed by atoms with Gasteiger partial charge in [-0.3, -0.25) is 4.90 Å². The Labute approximate surface area is 110 Å². The van der Waals surface area contributed by atoms with Crippen LogP contribution in [0.4, 0.5) is 5.69 Å². The molecule has 2 aliphatic rings. The average molecular weight is 244 g/mol. The molecule has 1 heterocycles. The number of nitrogens with two attached hydrogens (primary N) is 1. The van der Waals surface area contributed by atoms with Crippen molar-refractivity contribution in [2.75, 3.05) is 12.3 Å². The van der Waals surface area contributed by atoms with E-state index in [-0.39, 0.29) is 0 Å². The van der Waals surface area contributed by atoms with Crippen molar-refractivity contribution in [3.8, 4) is 0 Å². The number of rotatable bonds is 2. The summed E-state index contributed by atoms with van der Waals surface area (Å²) in [6.07, 6.45) is 9.73. The molecule has 1 aromatic carbocycles. The number of hydrogen-bond donors (Lipinski definition) is 1. The minimum absolute atomic E-state index is 0.622. The van der Waals surface area contributed by atoms with Crippen LogP contribution in [0.25, 0.3) is 0 Å². The lowest BCUT2D eigenvalue weighted by atomic mass is 9.92. The Hall–Kier alpha value is -1.02. The van der Waals surface area contributed by atoms with Crippen LogP contribution in [-0.2, 0) is 0 Å². The molecular formula is C16H24N2. The maximum Gasteiger partial charge on any atom is 0.0352 e. The molecule has 1 saturated carbocycles. The maximum atomic E-state index is 5.93. The van der Waals surface area contributed by atoms with E-state index in [2.05, 4.69) is 23.1 Å². The Morgan fingerprint density at radius 2 is 1.83 bits per heavy atom. The van der Waals surface area contributed by atoms with Crippen molar-refractivity contribution in [1.82, 2.24) is 4.90 Å².